The van der Waals surface area contributed by atoms with Crippen molar-refractivity contribution in [2.75, 3.05) is 7.11 Å². The first-order chi connectivity index (χ1) is 6.78. The summed E-state index contributed by atoms with van der Waals surface area (Å²) in [4.78, 5) is 0. The maximum atomic E-state index is 5.68. The Morgan fingerprint density at radius 3 is 2.57 bits per heavy atom. The van der Waals surface area contributed by atoms with Crippen LogP contribution in [0.15, 0.2) is 6.33 Å². The second kappa shape index (κ2) is 3.69. The maximum absolute atomic E-state index is 5.68. The van der Waals surface area contributed by atoms with Gasteiger partial charge < -0.3 is 9.30 Å². The van der Waals surface area contributed by atoms with E-state index in [1.54, 1.807) is 13.4 Å². The highest BCUT2D eigenvalue weighted by Gasteiger charge is 2.37. The average molecular weight is 195 g/mol. The van der Waals surface area contributed by atoms with E-state index in [4.69, 9.17) is 4.74 Å². The highest BCUT2D eigenvalue weighted by atomic mass is 16.5. The third-order valence-corrected chi connectivity index (χ3v) is 3.17. The third kappa shape index (κ3) is 1.43. The molecule has 78 valence electrons. The number of hydrogen-bond acceptors (Lipinski definition) is 3. The van der Waals surface area contributed by atoms with Crippen molar-refractivity contribution in [3.63, 3.8) is 0 Å². The summed E-state index contributed by atoms with van der Waals surface area (Å²) in [5.74, 6) is 0.972. The van der Waals surface area contributed by atoms with Gasteiger partial charge in [-0.3, -0.25) is 0 Å². The maximum Gasteiger partial charge on any atom is 0.164 e. The van der Waals surface area contributed by atoms with Gasteiger partial charge in [0, 0.05) is 14.2 Å². The molecule has 1 heterocycles. The van der Waals surface area contributed by atoms with Gasteiger partial charge in [-0.05, 0) is 12.8 Å². The van der Waals surface area contributed by atoms with Gasteiger partial charge in [-0.1, -0.05) is 19.3 Å². The lowest BCUT2D eigenvalue weighted by Gasteiger charge is -2.34. The molecule has 0 aromatic carbocycles. The predicted molar refractivity (Wildman–Crippen MR) is 52.8 cm³/mol. The number of ether oxygens (including phenoxy) is 1. The Hall–Kier alpha value is -0.900. The van der Waals surface area contributed by atoms with E-state index in [-0.39, 0.29) is 5.60 Å². The second-order valence-corrected chi connectivity index (χ2v) is 4.02. The first kappa shape index (κ1) is 9.65. The fraction of sp³-hybridized carbons (Fsp3) is 0.800. The van der Waals surface area contributed by atoms with Crippen molar-refractivity contribution in [1.29, 1.82) is 0 Å². The minimum Gasteiger partial charge on any atom is -0.370 e. The normalized spacial score (nSPS) is 21.0. The molecule has 0 radical (unpaired) electrons. The molecule has 0 atom stereocenters. The van der Waals surface area contributed by atoms with Gasteiger partial charge in [0.15, 0.2) is 5.82 Å². The SMILES string of the molecule is COC1(c2nncn2C)CCCCC1. The van der Waals surface area contributed by atoms with Gasteiger partial charge in [0.25, 0.3) is 0 Å². The quantitative estimate of drug-likeness (QED) is 0.720. The second-order valence-electron chi connectivity index (χ2n) is 4.02. The van der Waals surface area contributed by atoms with Crippen LogP contribution in [0.2, 0.25) is 0 Å². The van der Waals surface area contributed by atoms with Crippen LogP contribution >= 0.6 is 0 Å². The lowest BCUT2D eigenvalue weighted by molar-refractivity contribution is -0.0536. The summed E-state index contributed by atoms with van der Waals surface area (Å²) in [6.07, 6.45) is 7.63. The van der Waals surface area contributed by atoms with Crippen molar-refractivity contribution in [3.8, 4) is 0 Å². The van der Waals surface area contributed by atoms with Gasteiger partial charge in [0.2, 0.25) is 0 Å². The van der Waals surface area contributed by atoms with Crippen LogP contribution in [-0.4, -0.2) is 21.9 Å². The van der Waals surface area contributed by atoms with Crippen LogP contribution in [0.3, 0.4) is 0 Å². The molecule has 0 unspecified atom stereocenters. The standard InChI is InChI=1S/C10H17N3O/c1-13-8-11-12-9(13)10(14-2)6-4-3-5-7-10/h8H,3-7H2,1-2H3. The van der Waals surface area contributed by atoms with Crippen LogP contribution in [0.4, 0.5) is 0 Å². The first-order valence-corrected chi connectivity index (χ1v) is 5.18. The zero-order chi connectivity index (χ0) is 10.0. The van der Waals surface area contributed by atoms with E-state index in [9.17, 15) is 0 Å². The number of nitrogens with zero attached hydrogens (tertiary/aromatic N) is 3. The molecule has 1 fully saturated rings. The predicted octanol–water partition coefficient (Wildman–Crippen LogP) is 1.62. The van der Waals surface area contributed by atoms with E-state index >= 15 is 0 Å². The fourth-order valence-electron chi connectivity index (χ4n) is 2.34. The Morgan fingerprint density at radius 2 is 2.07 bits per heavy atom. The summed E-state index contributed by atoms with van der Waals surface area (Å²) in [6.45, 7) is 0. The van der Waals surface area contributed by atoms with Crippen molar-refractivity contribution < 1.29 is 4.74 Å². The van der Waals surface area contributed by atoms with Crippen molar-refractivity contribution in [3.05, 3.63) is 12.2 Å². The Kier molecular flexibility index (Phi) is 2.54. The molecule has 0 aliphatic heterocycles. The molecule has 1 aromatic rings. The van der Waals surface area contributed by atoms with E-state index in [1.165, 1.54) is 19.3 Å². The molecule has 0 spiro atoms. The molecule has 14 heavy (non-hydrogen) atoms. The van der Waals surface area contributed by atoms with E-state index in [1.807, 2.05) is 11.6 Å². The molecule has 4 nitrogen and oxygen atoms in total. The van der Waals surface area contributed by atoms with Gasteiger partial charge in [-0.15, -0.1) is 10.2 Å². The number of rotatable bonds is 2. The van der Waals surface area contributed by atoms with Crippen molar-refractivity contribution >= 4 is 0 Å². The smallest absolute Gasteiger partial charge is 0.164 e. The molecule has 4 heteroatoms. The van der Waals surface area contributed by atoms with Crippen LogP contribution in [0.5, 0.6) is 0 Å². The molecule has 1 aromatic heterocycles. The van der Waals surface area contributed by atoms with E-state index in [0.29, 0.717) is 0 Å². The summed E-state index contributed by atoms with van der Waals surface area (Å²) >= 11 is 0. The number of methoxy groups -OCH3 is 1. The molecular weight excluding hydrogens is 178 g/mol. The third-order valence-electron chi connectivity index (χ3n) is 3.17. The van der Waals surface area contributed by atoms with Crippen molar-refractivity contribution in [2.24, 2.45) is 7.05 Å². The average Bonchev–Trinajstić information content (AvgIpc) is 2.66. The Bertz CT molecular complexity index is 302. The lowest BCUT2D eigenvalue weighted by Crippen LogP contribution is -2.34. The Balaban J connectivity index is 2.31. The molecule has 1 saturated carbocycles. The van der Waals surface area contributed by atoms with Gasteiger partial charge in [0.1, 0.15) is 11.9 Å². The van der Waals surface area contributed by atoms with Gasteiger partial charge in [0.05, 0.1) is 0 Å². The Morgan fingerprint density at radius 1 is 1.36 bits per heavy atom. The molecule has 2 rings (SSSR count). The summed E-state index contributed by atoms with van der Waals surface area (Å²) in [6, 6.07) is 0. The first-order valence-electron chi connectivity index (χ1n) is 5.18. The summed E-state index contributed by atoms with van der Waals surface area (Å²) in [5, 5.41) is 8.09. The zero-order valence-electron chi connectivity index (χ0n) is 8.86. The lowest BCUT2D eigenvalue weighted by atomic mass is 9.84. The highest BCUT2D eigenvalue weighted by molar-refractivity contribution is 5.03. The minimum atomic E-state index is -0.177. The monoisotopic (exact) mass is 195 g/mol. The molecule has 0 bridgehead atoms. The van der Waals surface area contributed by atoms with Crippen molar-refractivity contribution in [2.45, 2.75) is 37.7 Å². The van der Waals surface area contributed by atoms with E-state index < -0.39 is 0 Å². The number of aryl methyl sites for hydroxylation is 1. The summed E-state index contributed by atoms with van der Waals surface area (Å²) in [7, 11) is 3.75. The minimum absolute atomic E-state index is 0.177. The largest absolute Gasteiger partial charge is 0.370 e. The van der Waals surface area contributed by atoms with Crippen LogP contribution in [0, 0.1) is 0 Å². The molecule has 0 N–H and O–H groups in total. The molecule has 0 saturated heterocycles. The van der Waals surface area contributed by atoms with Crippen LogP contribution in [-0.2, 0) is 17.4 Å². The van der Waals surface area contributed by atoms with Crippen molar-refractivity contribution in [1.82, 2.24) is 14.8 Å². The highest BCUT2D eigenvalue weighted by Crippen LogP contribution is 2.38. The topological polar surface area (TPSA) is 39.9 Å². The van der Waals surface area contributed by atoms with Crippen LogP contribution in [0.25, 0.3) is 0 Å². The van der Waals surface area contributed by atoms with Crippen LogP contribution in [0.1, 0.15) is 37.9 Å². The van der Waals surface area contributed by atoms with E-state index in [2.05, 4.69) is 10.2 Å². The molecule has 1 aliphatic rings. The number of aromatic nitrogens is 3. The van der Waals surface area contributed by atoms with Gasteiger partial charge in [-0.25, -0.2) is 0 Å². The van der Waals surface area contributed by atoms with Gasteiger partial charge in [-0.2, -0.15) is 0 Å². The molecule has 1 aliphatic carbocycles. The molecular formula is C10H17N3O. The van der Waals surface area contributed by atoms with Crippen LogP contribution < -0.4 is 0 Å². The summed E-state index contributed by atoms with van der Waals surface area (Å²) in [5.41, 5.74) is -0.177. The Labute approximate surface area is 84.3 Å². The zero-order valence-corrected chi connectivity index (χ0v) is 8.86. The number of hydrogen-bond donors (Lipinski definition) is 0. The summed E-state index contributed by atoms with van der Waals surface area (Å²) < 4.78 is 7.65. The molecule has 0 amide bonds. The fourth-order valence-corrected chi connectivity index (χ4v) is 2.34. The van der Waals surface area contributed by atoms with E-state index in [0.717, 1.165) is 18.7 Å². The van der Waals surface area contributed by atoms with Gasteiger partial charge >= 0.3 is 0 Å².